The Morgan fingerprint density at radius 1 is 0.909 bits per heavy atom. The van der Waals surface area contributed by atoms with Crippen molar-refractivity contribution in [1.29, 1.82) is 0 Å². The molecular weight excluding hydrogens is 405 g/mol. The monoisotopic (exact) mass is 445 g/mol. The maximum atomic E-state index is 12.4. The Hall–Kier alpha value is -1.93. The van der Waals surface area contributed by atoms with Crippen molar-refractivity contribution in [1.82, 2.24) is 4.90 Å². The summed E-state index contributed by atoms with van der Waals surface area (Å²) in [5, 5.41) is 0. The van der Waals surface area contributed by atoms with Gasteiger partial charge >= 0.3 is 0 Å². The van der Waals surface area contributed by atoms with Gasteiger partial charge in [-0.1, -0.05) is 73.9 Å². The maximum Gasteiger partial charge on any atom is 0.0906 e. The number of alkyl halides is 1. The number of allylic oxidation sites excluding steroid dienone is 1. The lowest BCUT2D eigenvalue weighted by Gasteiger charge is -2.39. The molecule has 2 aromatic carbocycles. The van der Waals surface area contributed by atoms with Crippen molar-refractivity contribution < 1.29 is 4.39 Å². The molecule has 2 aliphatic carbocycles. The van der Waals surface area contributed by atoms with Crippen LogP contribution < -0.4 is 0 Å². The zero-order valence-electron chi connectivity index (χ0n) is 20.4. The van der Waals surface area contributed by atoms with E-state index in [0.29, 0.717) is 6.42 Å². The van der Waals surface area contributed by atoms with Crippen LogP contribution in [0.2, 0.25) is 0 Å². The summed E-state index contributed by atoms with van der Waals surface area (Å²) in [6.07, 6.45) is 11.0. The van der Waals surface area contributed by atoms with Crippen LogP contribution in [0, 0.1) is 17.8 Å². The molecule has 2 heteroatoms. The van der Waals surface area contributed by atoms with E-state index >= 15 is 0 Å². The SMILES string of the molecule is CC1CCC(C2=C(c3ccc(CC4CN(CCCF)C4)cc3)c3ccccc3CCC2)CC1. The predicted molar refractivity (Wildman–Crippen MR) is 137 cm³/mol. The molecule has 2 aromatic rings. The molecule has 5 rings (SSSR count). The van der Waals surface area contributed by atoms with Crippen LogP contribution in [0.25, 0.3) is 5.57 Å². The lowest BCUT2D eigenvalue weighted by atomic mass is 9.75. The smallest absolute Gasteiger partial charge is 0.0906 e. The largest absolute Gasteiger partial charge is 0.303 e. The van der Waals surface area contributed by atoms with Crippen molar-refractivity contribution in [2.45, 2.75) is 64.7 Å². The molecule has 1 saturated heterocycles. The molecule has 1 nitrogen and oxygen atoms in total. The highest BCUT2D eigenvalue weighted by atomic mass is 19.1. The molecule has 176 valence electrons. The minimum atomic E-state index is -0.191. The standard InChI is InChI=1S/C31H40FN/c1-23-10-14-27(15-11-23)30-9-4-7-26-6-2-3-8-29(26)31(30)28-16-12-24(13-17-28)20-25-21-33(22-25)19-5-18-32/h2-3,6,8,12-13,16-17,23,25,27H,4-5,7,9-11,14-15,18-22H2,1H3. The van der Waals surface area contributed by atoms with E-state index in [1.165, 1.54) is 67.2 Å². The second-order valence-electron chi connectivity index (χ2n) is 10.9. The van der Waals surface area contributed by atoms with Crippen molar-refractivity contribution in [3.63, 3.8) is 0 Å². The van der Waals surface area contributed by atoms with Crippen LogP contribution >= 0.6 is 0 Å². The Kier molecular flexibility index (Phi) is 7.30. The van der Waals surface area contributed by atoms with E-state index in [4.69, 9.17) is 0 Å². The fourth-order valence-electron chi connectivity index (χ4n) is 6.52. The number of rotatable bonds is 7. The van der Waals surface area contributed by atoms with Crippen molar-refractivity contribution in [2.24, 2.45) is 17.8 Å². The first-order valence-electron chi connectivity index (χ1n) is 13.4. The zero-order chi connectivity index (χ0) is 22.6. The summed E-state index contributed by atoms with van der Waals surface area (Å²) in [6.45, 7) is 5.41. The molecular formula is C31H40FN. The van der Waals surface area contributed by atoms with Gasteiger partial charge in [0.25, 0.3) is 0 Å². The quantitative estimate of drug-likeness (QED) is 0.427. The highest BCUT2D eigenvalue weighted by Gasteiger charge is 2.28. The lowest BCUT2D eigenvalue weighted by Crippen LogP contribution is -2.47. The first-order valence-corrected chi connectivity index (χ1v) is 13.4. The molecule has 0 amide bonds. The number of halogens is 1. The molecule has 0 spiro atoms. The summed E-state index contributed by atoms with van der Waals surface area (Å²) in [6, 6.07) is 18.7. The summed E-state index contributed by atoms with van der Waals surface area (Å²) in [5.41, 5.74) is 9.17. The molecule has 0 atom stereocenters. The third kappa shape index (κ3) is 5.27. The minimum absolute atomic E-state index is 0.191. The summed E-state index contributed by atoms with van der Waals surface area (Å²) < 4.78 is 12.4. The molecule has 0 N–H and O–H groups in total. The molecule has 0 radical (unpaired) electrons. The minimum Gasteiger partial charge on any atom is -0.303 e. The number of fused-ring (bicyclic) bond motifs is 1. The Balaban J connectivity index is 1.38. The molecule has 0 bridgehead atoms. The number of nitrogens with zero attached hydrogens (tertiary/aromatic N) is 1. The second-order valence-corrected chi connectivity index (χ2v) is 10.9. The van der Waals surface area contributed by atoms with Crippen LogP contribution in [-0.4, -0.2) is 31.2 Å². The Morgan fingerprint density at radius 2 is 1.67 bits per heavy atom. The van der Waals surface area contributed by atoms with Crippen molar-refractivity contribution in [2.75, 3.05) is 26.3 Å². The third-order valence-corrected chi connectivity index (χ3v) is 8.42. The number of hydrogen-bond donors (Lipinski definition) is 0. The van der Waals surface area contributed by atoms with Gasteiger partial charge in [0.2, 0.25) is 0 Å². The van der Waals surface area contributed by atoms with Gasteiger partial charge in [-0.2, -0.15) is 0 Å². The first kappa shape index (κ1) is 22.8. The molecule has 2 fully saturated rings. The van der Waals surface area contributed by atoms with E-state index in [1.54, 1.807) is 11.1 Å². The number of hydrogen-bond acceptors (Lipinski definition) is 1. The van der Waals surface area contributed by atoms with E-state index in [-0.39, 0.29) is 6.67 Å². The van der Waals surface area contributed by atoms with Crippen molar-refractivity contribution >= 4 is 5.57 Å². The third-order valence-electron chi connectivity index (χ3n) is 8.42. The van der Waals surface area contributed by atoms with Crippen LogP contribution in [0.5, 0.6) is 0 Å². The first-order chi connectivity index (χ1) is 16.2. The Labute approximate surface area is 200 Å². The summed E-state index contributed by atoms with van der Waals surface area (Å²) in [5.74, 6) is 2.38. The summed E-state index contributed by atoms with van der Waals surface area (Å²) in [7, 11) is 0. The molecule has 0 unspecified atom stereocenters. The van der Waals surface area contributed by atoms with E-state index < -0.39 is 0 Å². The molecule has 0 aromatic heterocycles. The van der Waals surface area contributed by atoms with E-state index in [1.807, 2.05) is 0 Å². The molecule has 3 aliphatic rings. The summed E-state index contributed by atoms with van der Waals surface area (Å²) >= 11 is 0. The number of likely N-dealkylation sites (tertiary alicyclic amines) is 1. The van der Waals surface area contributed by atoms with Crippen molar-refractivity contribution in [3.05, 3.63) is 76.4 Å². The Bertz CT molecular complexity index is 945. The number of aryl methyl sites for hydroxylation is 1. The van der Waals surface area contributed by atoms with Gasteiger partial charge in [0.1, 0.15) is 0 Å². The Morgan fingerprint density at radius 3 is 2.42 bits per heavy atom. The molecule has 1 saturated carbocycles. The zero-order valence-corrected chi connectivity index (χ0v) is 20.4. The normalized spacial score (nSPS) is 24.3. The van der Waals surface area contributed by atoms with Gasteiger partial charge in [-0.05, 0) is 90.5 Å². The van der Waals surface area contributed by atoms with Crippen LogP contribution in [0.15, 0.2) is 54.1 Å². The predicted octanol–water partition coefficient (Wildman–Crippen LogP) is 7.49. The lowest BCUT2D eigenvalue weighted by molar-refractivity contribution is 0.0968. The average molecular weight is 446 g/mol. The highest BCUT2D eigenvalue weighted by Crippen LogP contribution is 2.43. The average Bonchev–Trinajstić information content (AvgIpc) is 3.01. The van der Waals surface area contributed by atoms with Gasteiger partial charge in [0.15, 0.2) is 0 Å². The molecule has 1 aliphatic heterocycles. The second kappa shape index (κ2) is 10.6. The fourth-order valence-corrected chi connectivity index (χ4v) is 6.52. The summed E-state index contributed by atoms with van der Waals surface area (Å²) in [4.78, 5) is 2.39. The van der Waals surface area contributed by atoms with Gasteiger partial charge in [-0.15, -0.1) is 0 Å². The van der Waals surface area contributed by atoms with Gasteiger partial charge in [-0.25, -0.2) is 0 Å². The molecule has 33 heavy (non-hydrogen) atoms. The van der Waals surface area contributed by atoms with Crippen LogP contribution in [-0.2, 0) is 12.8 Å². The maximum absolute atomic E-state index is 12.4. The van der Waals surface area contributed by atoms with Crippen LogP contribution in [0.3, 0.4) is 0 Å². The van der Waals surface area contributed by atoms with E-state index in [2.05, 4.69) is 60.4 Å². The van der Waals surface area contributed by atoms with Crippen molar-refractivity contribution in [3.8, 4) is 0 Å². The fraction of sp³-hybridized carbons (Fsp3) is 0.548. The van der Waals surface area contributed by atoms with Gasteiger partial charge in [0.05, 0.1) is 6.67 Å². The highest BCUT2D eigenvalue weighted by molar-refractivity contribution is 5.84. The van der Waals surface area contributed by atoms with Gasteiger partial charge in [0, 0.05) is 19.6 Å². The molecule has 1 heterocycles. The number of benzene rings is 2. The van der Waals surface area contributed by atoms with Gasteiger partial charge in [-0.3, -0.25) is 4.39 Å². The topological polar surface area (TPSA) is 3.24 Å². The van der Waals surface area contributed by atoms with Gasteiger partial charge < -0.3 is 4.90 Å². The van der Waals surface area contributed by atoms with E-state index in [9.17, 15) is 4.39 Å². The van der Waals surface area contributed by atoms with Crippen LogP contribution in [0.1, 0.15) is 74.1 Å². The van der Waals surface area contributed by atoms with Crippen LogP contribution in [0.4, 0.5) is 4.39 Å². The van der Waals surface area contributed by atoms with E-state index in [0.717, 1.165) is 43.8 Å².